The number of para-hydroxylation sites is 1. The van der Waals surface area contributed by atoms with Crippen molar-refractivity contribution < 1.29 is 4.74 Å². The molecule has 0 aliphatic carbocycles. The number of halogens is 1. The Labute approximate surface area is 135 Å². The summed E-state index contributed by atoms with van der Waals surface area (Å²) in [5, 5.41) is 0. The van der Waals surface area contributed by atoms with Crippen LogP contribution in [-0.4, -0.2) is 37.6 Å². The third-order valence-corrected chi connectivity index (χ3v) is 4.64. The fraction of sp³-hybridized carbons (Fsp3) is 0.562. The number of methoxy groups -OCH3 is 1. The lowest BCUT2D eigenvalue weighted by Crippen LogP contribution is -2.42. The van der Waals surface area contributed by atoms with Crippen molar-refractivity contribution in [3.8, 4) is 5.75 Å². The number of hydrogen-bond acceptors (Lipinski definition) is 2. The number of benzene rings is 1. The van der Waals surface area contributed by atoms with E-state index in [1.807, 2.05) is 12.1 Å². The number of nitrogens with two attached hydrogens (primary N) is 1. The molecule has 21 heavy (non-hydrogen) atoms. The number of rotatable bonds is 4. The summed E-state index contributed by atoms with van der Waals surface area (Å²) < 4.78 is 6.40. The minimum atomic E-state index is 0.677. The Kier molecular flexibility index (Phi) is 5.91. The van der Waals surface area contributed by atoms with Gasteiger partial charge in [0.1, 0.15) is 5.75 Å². The number of likely N-dealkylation sites (tertiary alicyclic amines) is 1. The second-order valence-electron chi connectivity index (χ2n) is 5.59. The summed E-state index contributed by atoms with van der Waals surface area (Å²) in [5.41, 5.74) is 7.24. The Morgan fingerprint density at radius 1 is 1.43 bits per heavy atom. The van der Waals surface area contributed by atoms with E-state index in [2.05, 4.69) is 38.8 Å². The van der Waals surface area contributed by atoms with Gasteiger partial charge in [0.05, 0.1) is 11.6 Å². The average molecular weight is 354 g/mol. The van der Waals surface area contributed by atoms with Crippen LogP contribution in [0.2, 0.25) is 0 Å². The first-order chi connectivity index (χ1) is 10.1. The van der Waals surface area contributed by atoms with Crippen molar-refractivity contribution in [3.05, 3.63) is 28.2 Å². The molecule has 1 aliphatic rings. The van der Waals surface area contributed by atoms with Crippen LogP contribution in [0.25, 0.3) is 0 Å². The van der Waals surface area contributed by atoms with Gasteiger partial charge in [-0.3, -0.25) is 4.99 Å². The van der Waals surface area contributed by atoms with E-state index in [1.165, 1.54) is 12.8 Å². The van der Waals surface area contributed by atoms with Gasteiger partial charge in [0.15, 0.2) is 5.96 Å². The quantitative estimate of drug-likeness (QED) is 0.668. The van der Waals surface area contributed by atoms with Gasteiger partial charge in [-0.1, -0.05) is 19.1 Å². The predicted molar refractivity (Wildman–Crippen MR) is 90.9 cm³/mol. The van der Waals surface area contributed by atoms with Crippen LogP contribution in [0.3, 0.4) is 0 Å². The summed E-state index contributed by atoms with van der Waals surface area (Å²) in [6, 6.07) is 6.06. The highest BCUT2D eigenvalue weighted by Crippen LogP contribution is 2.28. The monoisotopic (exact) mass is 353 g/mol. The Hall–Kier alpha value is -1.23. The smallest absolute Gasteiger partial charge is 0.191 e. The van der Waals surface area contributed by atoms with Gasteiger partial charge in [-0.2, -0.15) is 0 Å². The van der Waals surface area contributed by atoms with Crippen LogP contribution in [0.15, 0.2) is 27.7 Å². The summed E-state index contributed by atoms with van der Waals surface area (Å²) in [6.07, 6.45) is 3.24. The topological polar surface area (TPSA) is 50.9 Å². The van der Waals surface area contributed by atoms with Gasteiger partial charge in [0.2, 0.25) is 0 Å². The molecule has 0 radical (unpaired) electrons. The zero-order valence-corrected chi connectivity index (χ0v) is 14.4. The molecule has 1 fully saturated rings. The maximum Gasteiger partial charge on any atom is 0.191 e. The lowest BCUT2D eigenvalue weighted by molar-refractivity contribution is 0.277. The molecule has 1 saturated heterocycles. The Morgan fingerprint density at radius 2 is 2.14 bits per heavy atom. The molecule has 0 unspecified atom stereocenters. The molecular formula is C16H24BrN3O. The minimum absolute atomic E-state index is 0.677. The van der Waals surface area contributed by atoms with Gasteiger partial charge in [-0.15, -0.1) is 0 Å². The predicted octanol–water partition coefficient (Wildman–Crippen LogP) is 3.05. The van der Waals surface area contributed by atoms with E-state index in [0.717, 1.165) is 41.2 Å². The van der Waals surface area contributed by atoms with Crippen molar-refractivity contribution in [3.63, 3.8) is 0 Å². The molecule has 1 heterocycles. The highest BCUT2D eigenvalue weighted by atomic mass is 79.9. The molecule has 1 aromatic rings. The van der Waals surface area contributed by atoms with Crippen LogP contribution >= 0.6 is 15.9 Å². The van der Waals surface area contributed by atoms with Crippen LogP contribution in [0.1, 0.15) is 25.3 Å². The van der Waals surface area contributed by atoms with E-state index in [4.69, 9.17) is 10.5 Å². The van der Waals surface area contributed by atoms with Gasteiger partial charge < -0.3 is 15.4 Å². The second-order valence-corrected chi connectivity index (χ2v) is 6.45. The van der Waals surface area contributed by atoms with E-state index in [1.54, 1.807) is 7.11 Å². The first-order valence-electron chi connectivity index (χ1n) is 7.48. The number of guanidine groups is 1. The van der Waals surface area contributed by atoms with Gasteiger partial charge in [-0.05, 0) is 52.7 Å². The van der Waals surface area contributed by atoms with Crippen molar-refractivity contribution in [2.24, 2.45) is 16.6 Å². The highest BCUT2D eigenvalue weighted by molar-refractivity contribution is 9.10. The van der Waals surface area contributed by atoms with Crippen LogP contribution in [0.4, 0.5) is 0 Å². The normalized spacial score (nSPS) is 17.1. The molecule has 1 aromatic carbocycles. The molecular weight excluding hydrogens is 330 g/mol. The largest absolute Gasteiger partial charge is 0.495 e. The third-order valence-electron chi connectivity index (χ3n) is 4.02. The van der Waals surface area contributed by atoms with E-state index in [-0.39, 0.29) is 0 Å². The number of piperidine rings is 1. The molecule has 0 spiro atoms. The van der Waals surface area contributed by atoms with Crippen molar-refractivity contribution in [1.82, 2.24) is 4.90 Å². The summed E-state index contributed by atoms with van der Waals surface area (Å²) in [5.74, 6) is 2.37. The zero-order chi connectivity index (χ0) is 15.2. The molecule has 2 N–H and O–H groups in total. The highest BCUT2D eigenvalue weighted by Gasteiger charge is 2.16. The molecule has 2 rings (SSSR count). The number of nitrogens with zero attached hydrogens (tertiary/aromatic N) is 2. The van der Waals surface area contributed by atoms with Crippen LogP contribution < -0.4 is 10.5 Å². The molecule has 1 aliphatic heterocycles. The summed E-state index contributed by atoms with van der Waals surface area (Å²) in [7, 11) is 1.69. The fourth-order valence-corrected chi connectivity index (χ4v) is 3.18. The molecule has 0 amide bonds. The van der Waals surface area contributed by atoms with E-state index >= 15 is 0 Å². The SMILES string of the molecule is COc1c(Br)cccc1CCN=C(N)N1CCC(C)CC1. The number of hydrogen-bond donors (Lipinski definition) is 1. The van der Waals surface area contributed by atoms with Gasteiger partial charge in [-0.25, -0.2) is 0 Å². The molecule has 4 nitrogen and oxygen atoms in total. The molecule has 116 valence electrons. The standard InChI is InChI=1S/C16H24BrN3O/c1-12-7-10-20(11-8-12)16(18)19-9-6-13-4-3-5-14(17)15(13)21-2/h3-5,12H,6-11H2,1-2H3,(H2,18,19). The van der Waals surface area contributed by atoms with E-state index in [0.29, 0.717) is 12.5 Å². The number of aliphatic imine (C=N–C) groups is 1. The summed E-state index contributed by atoms with van der Waals surface area (Å²) >= 11 is 3.50. The van der Waals surface area contributed by atoms with Crippen LogP contribution in [0, 0.1) is 5.92 Å². The average Bonchev–Trinajstić information content (AvgIpc) is 2.48. The van der Waals surface area contributed by atoms with Gasteiger partial charge in [0.25, 0.3) is 0 Å². The second kappa shape index (κ2) is 7.69. The maximum absolute atomic E-state index is 6.09. The van der Waals surface area contributed by atoms with E-state index in [9.17, 15) is 0 Å². The van der Waals surface area contributed by atoms with Gasteiger partial charge in [0, 0.05) is 19.6 Å². The number of ether oxygens (including phenoxy) is 1. The summed E-state index contributed by atoms with van der Waals surface area (Å²) in [4.78, 5) is 6.72. The first-order valence-corrected chi connectivity index (χ1v) is 8.27. The van der Waals surface area contributed by atoms with Crippen molar-refractivity contribution in [2.75, 3.05) is 26.7 Å². The van der Waals surface area contributed by atoms with Crippen molar-refractivity contribution in [1.29, 1.82) is 0 Å². The van der Waals surface area contributed by atoms with E-state index < -0.39 is 0 Å². The van der Waals surface area contributed by atoms with Crippen LogP contribution in [-0.2, 0) is 6.42 Å². The lowest BCUT2D eigenvalue weighted by atomic mass is 10.00. The molecule has 5 heteroatoms. The summed E-state index contributed by atoms with van der Waals surface area (Å²) in [6.45, 7) is 5.03. The lowest BCUT2D eigenvalue weighted by Gasteiger charge is -2.31. The Balaban J connectivity index is 1.91. The van der Waals surface area contributed by atoms with Crippen molar-refractivity contribution >= 4 is 21.9 Å². The zero-order valence-electron chi connectivity index (χ0n) is 12.8. The first kappa shape index (κ1) is 16.1. The Bertz CT molecular complexity index is 496. The van der Waals surface area contributed by atoms with Gasteiger partial charge >= 0.3 is 0 Å². The molecule has 0 saturated carbocycles. The van der Waals surface area contributed by atoms with Crippen molar-refractivity contribution in [2.45, 2.75) is 26.2 Å². The minimum Gasteiger partial charge on any atom is -0.495 e. The van der Waals surface area contributed by atoms with Crippen LogP contribution in [0.5, 0.6) is 5.75 Å². The maximum atomic E-state index is 6.09. The molecule has 0 atom stereocenters. The Morgan fingerprint density at radius 3 is 2.81 bits per heavy atom. The molecule has 0 aromatic heterocycles. The third kappa shape index (κ3) is 4.37. The fourth-order valence-electron chi connectivity index (χ4n) is 2.61. The molecule has 0 bridgehead atoms.